The summed E-state index contributed by atoms with van der Waals surface area (Å²) in [4.78, 5) is 11.0. The summed E-state index contributed by atoms with van der Waals surface area (Å²) < 4.78 is 5.63. The standard InChI is InChI=1S/C12H16BrNO2/c1-9-3-5-11(6-4-9)16-10(2)8-14-12(15)7-13/h3-6,10H,7-8H2,1-2H3,(H,14,15). The van der Waals surface area contributed by atoms with Crippen LogP contribution in [0.2, 0.25) is 0 Å². The molecule has 1 aromatic rings. The molecule has 0 fully saturated rings. The van der Waals surface area contributed by atoms with Gasteiger partial charge < -0.3 is 10.1 Å². The lowest BCUT2D eigenvalue weighted by Gasteiger charge is -2.15. The Hall–Kier alpha value is -1.03. The number of hydrogen-bond acceptors (Lipinski definition) is 2. The molecule has 0 heterocycles. The molecule has 0 bridgehead atoms. The van der Waals surface area contributed by atoms with E-state index in [0.29, 0.717) is 11.9 Å². The highest BCUT2D eigenvalue weighted by molar-refractivity contribution is 9.09. The minimum absolute atomic E-state index is 0.0284. The molecule has 0 aromatic heterocycles. The summed E-state index contributed by atoms with van der Waals surface area (Å²) in [6.45, 7) is 4.47. The number of hydrogen-bond donors (Lipinski definition) is 1. The molecule has 3 nitrogen and oxygen atoms in total. The van der Waals surface area contributed by atoms with Gasteiger partial charge in [0.25, 0.3) is 0 Å². The van der Waals surface area contributed by atoms with Crippen molar-refractivity contribution in [3.8, 4) is 5.75 Å². The number of carbonyl (C=O) groups excluding carboxylic acids is 1. The van der Waals surface area contributed by atoms with Crippen LogP contribution in [0, 0.1) is 6.92 Å². The molecule has 1 unspecified atom stereocenters. The lowest BCUT2D eigenvalue weighted by Crippen LogP contribution is -2.34. The van der Waals surface area contributed by atoms with E-state index in [1.165, 1.54) is 5.56 Å². The second kappa shape index (κ2) is 6.53. The molecule has 1 N–H and O–H groups in total. The van der Waals surface area contributed by atoms with E-state index in [1.54, 1.807) is 0 Å². The predicted octanol–water partition coefficient (Wildman–Crippen LogP) is 2.27. The Morgan fingerprint density at radius 3 is 2.62 bits per heavy atom. The second-order valence-electron chi connectivity index (χ2n) is 3.68. The van der Waals surface area contributed by atoms with E-state index in [-0.39, 0.29) is 12.0 Å². The SMILES string of the molecule is Cc1ccc(OC(C)CNC(=O)CBr)cc1. The fraction of sp³-hybridized carbons (Fsp3) is 0.417. The molecule has 0 spiro atoms. The Morgan fingerprint density at radius 2 is 2.06 bits per heavy atom. The zero-order valence-corrected chi connectivity index (χ0v) is 11.1. The molecular weight excluding hydrogens is 270 g/mol. The van der Waals surface area contributed by atoms with E-state index in [0.717, 1.165) is 5.75 Å². The zero-order chi connectivity index (χ0) is 12.0. The Morgan fingerprint density at radius 1 is 1.44 bits per heavy atom. The smallest absolute Gasteiger partial charge is 0.230 e. The molecule has 1 amide bonds. The summed E-state index contributed by atoms with van der Waals surface area (Å²) in [5.74, 6) is 0.797. The highest BCUT2D eigenvalue weighted by Crippen LogP contribution is 2.12. The van der Waals surface area contributed by atoms with Gasteiger partial charge in [0, 0.05) is 0 Å². The van der Waals surface area contributed by atoms with E-state index in [1.807, 2.05) is 38.1 Å². The van der Waals surface area contributed by atoms with Gasteiger partial charge in [-0.25, -0.2) is 0 Å². The van der Waals surface area contributed by atoms with Gasteiger partial charge in [-0.05, 0) is 26.0 Å². The molecular formula is C12H16BrNO2. The first-order chi connectivity index (χ1) is 7.61. The zero-order valence-electron chi connectivity index (χ0n) is 9.50. The first kappa shape index (κ1) is 13.0. The molecule has 16 heavy (non-hydrogen) atoms. The minimum Gasteiger partial charge on any atom is -0.489 e. The fourth-order valence-electron chi connectivity index (χ4n) is 1.20. The summed E-state index contributed by atoms with van der Waals surface area (Å²) in [5, 5.41) is 3.08. The van der Waals surface area contributed by atoms with E-state index < -0.39 is 0 Å². The van der Waals surface area contributed by atoms with E-state index in [9.17, 15) is 4.79 Å². The van der Waals surface area contributed by atoms with Crippen molar-refractivity contribution in [2.75, 3.05) is 11.9 Å². The van der Waals surface area contributed by atoms with Crippen LogP contribution in [0.1, 0.15) is 12.5 Å². The number of halogens is 1. The lowest BCUT2D eigenvalue weighted by atomic mass is 10.2. The predicted molar refractivity (Wildman–Crippen MR) is 68.1 cm³/mol. The van der Waals surface area contributed by atoms with Crippen molar-refractivity contribution >= 4 is 21.8 Å². The molecule has 0 aliphatic rings. The van der Waals surface area contributed by atoms with Crippen LogP contribution < -0.4 is 10.1 Å². The highest BCUT2D eigenvalue weighted by atomic mass is 79.9. The van der Waals surface area contributed by atoms with Crippen molar-refractivity contribution in [3.63, 3.8) is 0 Å². The van der Waals surface area contributed by atoms with Crippen molar-refractivity contribution in [2.45, 2.75) is 20.0 Å². The average molecular weight is 286 g/mol. The van der Waals surface area contributed by atoms with Crippen LogP contribution in [0.3, 0.4) is 0 Å². The number of carbonyl (C=O) groups is 1. The van der Waals surface area contributed by atoms with Gasteiger partial charge in [0.2, 0.25) is 5.91 Å². The maximum absolute atomic E-state index is 11.0. The number of alkyl halides is 1. The van der Waals surface area contributed by atoms with Crippen molar-refractivity contribution in [2.24, 2.45) is 0 Å². The van der Waals surface area contributed by atoms with Gasteiger partial charge in [-0.1, -0.05) is 33.6 Å². The highest BCUT2D eigenvalue weighted by Gasteiger charge is 2.05. The van der Waals surface area contributed by atoms with Gasteiger partial charge in [-0.15, -0.1) is 0 Å². The Balaban J connectivity index is 2.36. The molecule has 1 rings (SSSR count). The van der Waals surface area contributed by atoms with E-state index in [2.05, 4.69) is 21.2 Å². The number of rotatable bonds is 5. The summed E-state index contributed by atoms with van der Waals surface area (Å²) in [6, 6.07) is 7.86. The van der Waals surface area contributed by atoms with Crippen LogP contribution in [0.15, 0.2) is 24.3 Å². The average Bonchev–Trinajstić information content (AvgIpc) is 2.29. The molecule has 0 aliphatic heterocycles. The normalized spacial score (nSPS) is 11.9. The fourth-order valence-corrected chi connectivity index (χ4v) is 1.39. The second-order valence-corrected chi connectivity index (χ2v) is 4.24. The third-order valence-corrected chi connectivity index (χ3v) is 2.58. The molecule has 88 valence electrons. The van der Waals surface area contributed by atoms with Crippen LogP contribution in [0.5, 0.6) is 5.75 Å². The van der Waals surface area contributed by atoms with E-state index in [4.69, 9.17) is 4.74 Å². The van der Waals surface area contributed by atoms with Gasteiger partial charge in [-0.2, -0.15) is 0 Å². The third-order valence-electron chi connectivity index (χ3n) is 2.07. The maximum Gasteiger partial charge on any atom is 0.230 e. The third kappa shape index (κ3) is 4.66. The van der Waals surface area contributed by atoms with Crippen LogP contribution in [0.25, 0.3) is 0 Å². The van der Waals surface area contributed by atoms with Crippen LogP contribution in [0.4, 0.5) is 0 Å². The van der Waals surface area contributed by atoms with Crippen molar-refractivity contribution in [3.05, 3.63) is 29.8 Å². The summed E-state index contributed by atoms with van der Waals surface area (Å²) in [5.41, 5.74) is 1.20. The number of amides is 1. The van der Waals surface area contributed by atoms with Gasteiger partial charge in [0.15, 0.2) is 0 Å². The molecule has 0 saturated carbocycles. The van der Waals surface area contributed by atoms with Crippen LogP contribution >= 0.6 is 15.9 Å². The minimum atomic E-state index is -0.0364. The summed E-state index contributed by atoms with van der Waals surface area (Å²) in [6.07, 6.45) is -0.0364. The topological polar surface area (TPSA) is 38.3 Å². The molecule has 0 radical (unpaired) electrons. The largest absolute Gasteiger partial charge is 0.489 e. The molecule has 0 aliphatic carbocycles. The first-order valence-corrected chi connectivity index (χ1v) is 6.30. The Labute approximate surface area is 104 Å². The molecule has 0 saturated heterocycles. The molecule has 1 atom stereocenters. The number of nitrogens with one attached hydrogen (secondary N) is 1. The number of ether oxygens (including phenoxy) is 1. The van der Waals surface area contributed by atoms with Gasteiger partial charge in [0.1, 0.15) is 11.9 Å². The van der Waals surface area contributed by atoms with Crippen molar-refractivity contribution in [1.82, 2.24) is 5.32 Å². The van der Waals surface area contributed by atoms with Crippen molar-refractivity contribution in [1.29, 1.82) is 0 Å². The lowest BCUT2D eigenvalue weighted by molar-refractivity contribution is -0.118. The number of benzene rings is 1. The summed E-state index contributed by atoms with van der Waals surface area (Å²) in [7, 11) is 0. The summed E-state index contributed by atoms with van der Waals surface area (Å²) >= 11 is 3.09. The Bertz CT molecular complexity index is 337. The molecule has 4 heteroatoms. The van der Waals surface area contributed by atoms with E-state index >= 15 is 0 Å². The van der Waals surface area contributed by atoms with Gasteiger partial charge in [-0.3, -0.25) is 4.79 Å². The van der Waals surface area contributed by atoms with Gasteiger partial charge >= 0.3 is 0 Å². The molecule has 1 aromatic carbocycles. The van der Waals surface area contributed by atoms with Crippen LogP contribution in [-0.4, -0.2) is 23.9 Å². The van der Waals surface area contributed by atoms with Gasteiger partial charge in [0.05, 0.1) is 11.9 Å². The number of aryl methyl sites for hydroxylation is 1. The quantitative estimate of drug-likeness (QED) is 0.843. The van der Waals surface area contributed by atoms with Crippen LogP contribution in [-0.2, 0) is 4.79 Å². The maximum atomic E-state index is 11.0. The monoisotopic (exact) mass is 285 g/mol. The Kier molecular flexibility index (Phi) is 5.32. The first-order valence-electron chi connectivity index (χ1n) is 5.18. The van der Waals surface area contributed by atoms with Crippen molar-refractivity contribution < 1.29 is 9.53 Å².